The number of nitrogens with one attached hydrogen (secondary N) is 1. The number of aliphatic carboxylic acids is 1. The predicted molar refractivity (Wildman–Crippen MR) is 78.5 cm³/mol. The molecule has 1 unspecified atom stereocenters. The summed E-state index contributed by atoms with van der Waals surface area (Å²) in [7, 11) is 1.63. The van der Waals surface area contributed by atoms with Gasteiger partial charge in [0.1, 0.15) is 12.4 Å². The van der Waals surface area contributed by atoms with Gasteiger partial charge in [-0.15, -0.1) is 0 Å². The zero-order valence-electron chi connectivity index (χ0n) is 12.3. The molecule has 1 atom stereocenters. The van der Waals surface area contributed by atoms with Crippen LogP contribution in [0.3, 0.4) is 0 Å². The van der Waals surface area contributed by atoms with Gasteiger partial charge in [0.15, 0.2) is 0 Å². The normalized spacial score (nSPS) is 11.9. The Labute approximate surface area is 119 Å². The summed E-state index contributed by atoms with van der Waals surface area (Å²) in [5.41, 5.74) is 1.99. The number of ether oxygens (including phenoxy) is 2. The van der Waals surface area contributed by atoms with Crippen LogP contribution in [0.2, 0.25) is 0 Å². The van der Waals surface area contributed by atoms with Crippen LogP contribution in [0.15, 0.2) is 18.2 Å². The van der Waals surface area contributed by atoms with E-state index in [4.69, 9.17) is 14.6 Å². The zero-order valence-corrected chi connectivity index (χ0v) is 12.3. The van der Waals surface area contributed by atoms with Crippen LogP contribution in [0.25, 0.3) is 0 Å². The van der Waals surface area contributed by atoms with Crippen molar-refractivity contribution in [1.29, 1.82) is 0 Å². The lowest BCUT2D eigenvalue weighted by Gasteiger charge is -2.18. The number of anilines is 1. The van der Waals surface area contributed by atoms with Crippen LogP contribution < -0.4 is 10.1 Å². The Morgan fingerprint density at radius 3 is 2.80 bits per heavy atom. The molecule has 0 saturated carbocycles. The maximum absolute atomic E-state index is 10.6. The number of hydrogen-bond donors (Lipinski definition) is 2. The summed E-state index contributed by atoms with van der Waals surface area (Å²) >= 11 is 0. The molecule has 20 heavy (non-hydrogen) atoms. The minimum atomic E-state index is -0.779. The molecule has 0 radical (unpaired) electrons. The fourth-order valence-electron chi connectivity index (χ4n) is 1.78. The molecule has 1 aromatic carbocycles. The third-order valence-corrected chi connectivity index (χ3v) is 2.88. The van der Waals surface area contributed by atoms with Crippen LogP contribution in [0.5, 0.6) is 5.75 Å². The molecule has 1 rings (SSSR count). The lowest BCUT2D eigenvalue weighted by atomic mass is 10.1. The molecule has 112 valence electrons. The van der Waals surface area contributed by atoms with Crippen molar-refractivity contribution >= 4 is 11.7 Å². The molecule has 0 heterocycles. The first kappa shape index (κ1) is 16.3. The first-order chi connectivity index (χ1) is 9.52. The van der Waals surface area contributed by atoms with Gasteiger partial charge in [0.25, 0.3) is 0 Å². The first-order valence-corrected chi connectivity index (χ1v) is 6.73. The highest BCUT2D eigenvalue weighted by molar-refractivity contribution is 5.67. The van der Waals surface area contributed by atoms with E-state index in [1.807, 2.05) is 32.0 Å². The van der Waals surface area contributed by atoms with E-state index in [0.29, 0.717) is 19.6 Å². The fourth-order valence-corrected chi connectivity index (χ4v) is 1.78. The third-order valence-electron chi connectivity index (χ3n) is 2.88. The van der Waals surface area contributed by atoms with E-state index in [0.717, 1.165) is 17.0 Å². The van der Waals surface area contributed by atoms with Crippen LogP contribution in [-0.2, 0) is 9.53 Å². The minimum Gasteiger partial charge on any atom is -0.489 e. The topological polar surface area (TPSA) is 67.8 Å². The molecule has 5 nitrogen and oxygen atoms in total. The van der Waals surface area contributed by atoms with Crippen LogP contribution in [-0.4, -0.2) is 37.4 Å². The Morgan fingerprint density at radius 1 is 1.40 bits per heavy atom. The van der Waals surface area contributed by atoms with Crippen molar-refractivity contribution in [3.05, 3.63) is 23.8 Å². The lowest BCUT2D eigenvalue weighted by Crippen LogP contribution is -2.17. The van der Waals surface area contributed by atoms with Gasteiger partial charge in [0.05, 0.1) is 12.3 Å². The van der Waals surface area contributed by atoms with Crippen molar-refractivity contribution in [3.8, 4) is 5.75 Å². The first-order valence-electron chi connectivity index (χ1n) is 6.73. The van der Waals surface area contributed by atoms with E-state index in [-0.39, 0.29) is 12.5 Å². The van der Waals surface area contributed by atoms with E-state index in [2.05, 4.69) is 5.32 Å². The van der Waals surface area contributed by atoms with Crippen molar-refractivity contribution < 1.29 is 19.4 Å². The van der Waals surface area contributed by atoms with E-state index < -0.39 is 5.97 Å². The predicted octanol–water partition coefficient (Wildman–Crippen LogP) is 2.69. The highest BCUT2D eigenvalue weighted by Crippen LogP contribution is 2.27. The van der Waals surface area contributed by atoms with Gasteiger partial charge in [0, 0.05) is 19.6 Å². The molecule has 0 aliphatic rings. The van der Waals surface area contributed by atoms with Gasteiger partial charge in [-0.1, -0.05) is 6.07 Å². The summed E-state index contributed by atoms with van der Waals surface area (Å²) in [5.74, 6) is -0.0108. The number of hydrogen-bond acceptors (Lipinski definition) is 4. The van der Waals surface area contributed by atoms with Crippen LogP contribution >= 0.6 is 0 Å². The van der Waals surface area contributed by atoms with Gasteiger partial charge >= 0.3 is 5.97 Å². The Kier molecular flexibility index (Phi) is 6.87. The molecule has 2 N–H and O–H groups in total. The van der Waals surface area contributed by atoms with Crippen molar-refractivity contribution in [2.75, 3.05) is 25.6 Å². The smallest absolute Gasteiger partial charge is 0.303 e. The molecule has 0 saturated heterocycles. The van der Waals surface area contributed by atoms with E-state index in [1.165, 1.54) is 0 Å². The second-order valence-corrected chi connectivity index (χ2v) is 4.82. The van der Waals surface area contributed by atoms with Gasteiger partial charge in [0.2, 0.25) is 0 Å². The summed E-state index contributed by atoms with van der Waals surface area (Å²) in [5, 5.41) is 12.0. The summed E-state index contributed by atoms with van der Waals surface area (Å²) in [4.78, 5) is 10.6. The molecule has 0 aliphatic carbocycles. The fraction of sp³-hybridized carbons (Fsp3) is 0.533. The van der Waals surface area contributed by atoms with Gasteiger partial charge in [-0.2, -0.15) is 0 Å². The van der Waals surface area contributed by atoms with Gasteiger partial charge < -0.3 is 19.9 Å². The quantitative estimate of drug-likeness (QED) is 0.681. The van der Waals surface area contributed by atoms with Crippen LogP contribution in [0, 0.1) is 6.92 Å². The van der Waals surface area contributed by atoms with Crippen molar-refractivity contribution in [2.24, 2.45) is 0 Å². The second kappa shape index (κ2) is 8.43. The molecule has 1 aromatic rings. The maximum atomic E-state index is 10.6. The van der Waals surface area contributed by atoms with E-state index in [1.54, 1.807) is 7.11 Å². The zero-order chi connectivity index (χ0) is 15.0. The van der Waals surface area contributed by atoms with Crippen LogP contribution in [0.4, 0.5) is 5.69 Å². The maximum Gasteiger partial charge on any atom is 0.303 e. The minimum absolute atomic E-state index is 0.0681. The monoisotopic (exact) mass is 281 g/mol. The van der Waals surface area contributed by atoms with Gasteiger partial charge in [-0.25, -0.2) is 0 Å². The van der Waals surface area contributed by atoms with E-state index in [9.17, 15) is 4.79 Å². The van der Waals surface area contributed by atoms with Gasteiger partial charge in [-0.05, 0) is 38.0 Å². The summed E-state index contributed by atoms with van der Waals surface area (Å²) < 4.78 is 10.7. The Bertz CT molecular complexity index is 434. The highest BCUT2D eigenvalue weighted by Gasteiger charge is 2.09. The standard InChI is InChI=1S/C15H23NO4/c1-11-4-6-13(14(10-11)20-9-8-19-3)16-12(2)5-7-15(17)18/h4,6,10,12,16H,5,7-9H2,1-3H3,(H,17,18). The molecule has 0 aromatic heterocycles. The molecule has 5 heteroatoms. The van der Waals surface area contributed by atoms with Crippen molar-refractivity contribution in [1.82, 2.24) is 0 Å². The number of carboxylic acids is 1. The number of aryl methyl sites for hydroxylation is 1. The third kappa shape index (κ3) is 5.93. The van der Waals surface area contributed by atoms with E-state index >= 15 is 0 Å². The largest absolute Gasteiger partial charge is 0.489 e. The molecule has 0 bridgehead atoms. The Hall–Kier alpha value is -1.75. The SMILES string of the molecule is COCCOc1cc(C)ccc1NC(C)CCC(=O)O. The summed E-state index contributed by atoms with van der Waals surface area (Å²) in [6.45, 7) is 4.97. The molecule has 0 fully saturated rings. The number of benzene rings is 1. The Morgan fingerprint density at radius 2 is 2.15 bits per heavy atom. The average molecular weight is 281 g/mol. The highest BCUT2D eigenvalue weighted by atomic mass is 16.5. The number of methoxy groups -OCH3 is 1. The molecular formula is C15H23NO4. The number of carbonyl (C=O) groups is 1. The second-order valence-electron chi connectivity index (χ2n) is 4.82. The lowest BCUT2D eigenvalue weighted by molar-refractivity contribution is -0.137. The number of carboxylic acid groups (broad SMARTS) is 1. The summed E-state index contributed by atoms with van der Waals surface area (Å²) in [6, 6.07) is 5.98. The molecule has 0 amide bonds. The summed E-state index contributed by atoms with van der Waals surface area (Å²) in [6.07, 6.45) is 0.723. The van der Waals surface area contributed by atoms with Crippen molar-refractivity contribution in [2.45, 2.75) is 32.7 Å². The van der Waals surface area contributed by atoms with Crippen LogP contribution in [0.1, 0.15) is 25.3 Å². The van der Waals surface area contributed by atoms with Gasteiger partial charge in [-0.3, -0.25) is 4.79 Å². The molecule has 0 spiro atoms. The number of rotatable bonds is 9. The molecule has 0 aliphatic heterocycles. The average Bonchev–Trinajstić information content (AvgIpc) is 2.39. The Balaban J connectivity index is 2.64. The van der Waals surface area contributed by atoms with Crippen molar-refractivity contribution in [3.63, 3.8) is 0 Å². The molecular weight excluding hydrogens is 258 g/mol.